The minimum absolute atomic E-state index is 0.0628. The van der Waals surface area contributed by atoms with E-state index in [-0.39, 0.29) is 17.4 Å². The molecule has 10 nitrogen and oxygen atoms in total. The normalized spacial score (nSPS) is 13.4. The van der Waals surface area contributed by atoms with Gasteiger partial charge in [-0.1, -0.05) is 33.6 Å². The first-order valence-corrected chi connectivity index (χ1v) is 12.8. The lowest BCUT2D eigenvalue weighted by atomic mass is 9.95. The van der Waals surface area contributed by atoms with Gasteiger partial charge in [-0.25, -0.2) is 4.79 Å². The number of carboxylic acid groups (broad SMARTS) is 2. The molecule has 0 spiro atoms. The summed E-state index contributed by atoms with van der Waals surface area (Å²) in [6, 6.07) is -0.644. The van der Waals surface area contributed by atoms with Gasteiger partial charge in [0.1, 0.15) is 6.04 Å². The van der Waals surface area contributed by atoms with Crippen LogP contribution in [0.5, 0.6) is 0 Å². The van der Waals surface area contributed by atoms with Crippen molar-refractivity contribution < 1.29 is 34.1 Å². The van der Waals surface area contributed by atoms with Crippen LogP contribution in [0.15, 0.2) is 0 Å². The highest BCUT2D eigenvalue weighted by Gasteiger charge is 2.21. The van der Waals surface area contributed by atoms with E-state index in [1.165, 1.54) is 0 Å². The lowest BCUT2D eigenvalue weighted by molar-refractivity contribution is -0.139. The summed E-state index contributed by atoms with van der Waals surface area (Å²) >= 11 is 0. The molecule has 10 heteroatoms. The maximum atomic E-state index is 12.2. The van der Waals surface area contributed by atoms with Crippen LogP contribution >= 0.6 is 0 Å². The van der Waals surface area contributed by atoms with Gasteiger partial charge in [-0.3, -0.25) is 9.59 Å². The van der Waals surface area contributed by atoms with Crippen molar-refractivity contribution in [3.63, 3.8) is 0 Å². The van der Waals surface area contributed by atoms with Crippen molar-refractivity contribution in [1.29, 1.82) is 0 Å². The number of unbranched alkanes of at least 4 members (excludes halogenated alkanes) is 1. The molecule has 0 saturated carbocycles. The third-order valence-electron chi connectivity index (χ3n) is 5.63. The summed E-state index contributed by atoms with van der Waals surface area (Å²) in [7, 11) is 0. The standard InChI is InChI=1S/C25H49N3O7/c1-19(2)10-14-34-16-17-35-15-11-22(29)28-25(4,5)12-7-6-8-21(23(30)31)27-18-20(3)9-13-26-24(32)33/h19-21,26-27H,6-18H2,1-5H3,(H,28,29)(H,30,31)(H,32,33). The Morgan fingerprint density at radius 3 is 2.14 bits per heavy atom. The predicted molar refractivity (Wildman–Crippen MR) is 136 cm³/mol. The van der Waals surface area contributed by atoms with E-state index in [0.29, 0.717) is 58.1 Å². The molecular weight excluding hydrogens is 454 g/mol. The number of carbonyl (C=O) groups is 3. The number of rotatable bonds is 22. The number of hydrogen-bond acceptors (Lipinski definition) is 6. The quantitative estimate of drug-likeness (QED) is 0.142. The number of carbonyl (C=O) groups excluding carboxylic acids is 1. The van der Waals surface area contributed by atoms with E-state index in [1.807, 2.05) is 20.8 Å². The topological polar surface area (TPSA) is 146 Å². The molecule has 0 aliphatic heterocycles. The van der Waals surface area contributed by atoms with Crippen LogP contribution < -0.4 is 16.0 Å². The van der Waals surface area contributed by atoms with Gasteiger partial charge in [0.15, 0.2) is 0 Å². The summed E-state index contributed by atoms with van der Waals surface area (Å²) in [5.74, 6) is -0.182. The summed E-state index contributed by atoms with van der Waals surface area (Å²) in [6.45, 7) is 13.1. The number of amides is 2. The van der Waals surface area contributed by atoms with Crippen LogP contribution in [0.25, 0.3) is 0 Å². The van der Waals surface area contributed by atoms with Crippen LogP contribution in [0.2, 0.25) is 0 Å². The molecule has 35 heavy (non-hydrogen) atoms. The van der Waals surface area contributed by atoms with Crippen molar-refractivity contribution in [3.05, 3.63) is 0 Å². The van der Waals surface area contributed by atoms with Crippen molar-refractivity contribution in [2.45, 2.75) is 91.1 Å². The zero-order chi connectivity index (χ0) is 26.7. The fraction of sp³-hybridized carbons (Fsp3) is 0.880. The zero-order valence-electron chi connectivity index (χ0n) is 22.4. The Morgan fingerprint density at radius 1 is 0.886 bits per heavy atom. The van der Waals surface area contributed by atoms with Gasteiger partial charge in [0.25, 0.3) is 0 Å². The molecule has 206 valence electrons. The van der Waals surface area contributed by atoms with Crippen LogP contribution in [-0.2, 0) is 19.1 Å². The van der Waals surface area contributed by atoms with Gasteiger partial charge in [0.2, 0.25) is 5.91 Å². The van der Waals surface area contributed by atoms with Crippen molar-refractivity contribution in [3.8, 4) is 0 Å². The molecule has 0 aromatic carbocycles. The molecule has 2 atom stereocenters. The smallest absolute Gasteiger partial charge is 0.404 e. The first-order valence-electron chi connectivity index (χ1n) is 12.8. The number of carboxylic acids is 1. The van der Waals surface area contributed by atoms with Crippen molar-refractivity contribution in [2.75, 3.05) is 39.5 Å². The monoisotopic (exact) mass is 503 g/mol. The number of aliphatic carboxylic acids is 1. The molecule has 0 rings (SSSR count). The van der Waals surface area contributed by atoms with Crippen LogP contribution in [0.1, 0.15) is 79.6 Å². The summed E-state index contributed by atoms with van der Waals surface area (Å²) in [6.07, 6.45) is 3.65. The van der Waals surface area contributed by atoms with E-state index in [9.17, 15) is 19.5 Å². The second-order valence-electron chi connectivity index (χ2n) is 10.3. The third kappa shape index (κ3) is 21.1. The average molecular weight is 504 g/mol. The Kier molecular flexibility index (Phi) is 18.2. The lowest BCUT2D eigenvalue weighted by Crippen LogP contribution is -2.43. The van der Waals surface area contributed by atoms with Crippen LogP contribution in [0.4, 0.5) is 4.79 Å². The summed E-state index contributed by atoms with van der Waals surface area (Å²) < 4.78 is 10.9. The SMILES string of the molecule is CC(C)CCOCCOCCC(=O)NC(C)(C)CCCCC(NCC(C)CCNC(=O)O)C(=O)O. The molecule has 5 N–H and O–H groups in total. The van der Waals surface area contributed by atoms with Crippen molar-refractivity contribution >= 4 is 18.0 Å². The van der Waals surface area contributed by atoms with Crippen LogP contribution in [-0.4, -0.2) is 79.3 Å². The van der Waals surface area contributed by atoms with E-state index in [4.69, 9.17) is 14.6 Å². The maximum absolute atomic E-state index is 12.2. The molecule has 2 amide bonds. The van der Waals surface area contributed by atoms with Gasteiger partial charge >= 0.3 is 12.1 Å². The van der Waals surface area contributed by atoms with Gasteiger partial charge in [-0.05, 0) is 57.9 Å². The maximum Gasteiger partial charge on any atom is 0.404 e. The Bertz CT molecular complexity index is 600. The highest BCUT2D eigenvalue weighted by atomic mass is 16.5. The van der Waals surface area contributed by atoms with Crippen LogP contribution in [0, 0.1) is 11.8 Å². The highest BCUT2D eigenvalue weighted by Crippen LogP contribution is 2.15. The minimum Gasteiger partial charge on any atom is -0.480 e. The second kappa shape index (κ2) is 19.3. The van der Waals surface area contributed by atoms with E-state index in [2.05, 4.69) is 29.8 Å². The fourth-order valence-electron chi connectivity index (χ4n) is 3.41. The average Bonchev–Trinajstić information content (AvgIpc) is 2.73. The van der Waals surface area contributed by atoms with E-state index >= 15 is 0 Å². The van der Waals surface area contributed by atoms with E-state index in [1.54, 1.807) is 0 Å². The molecule has 2 unspecified atom stereocenters. The van der Waals surface area contributed by atoms with Gasteiger partial charge in [0, 0.05) is 25.1 Å². The highest BCUT2D eigenvalue weighted by molar-refractivity contribution is 5.76. The van der Waals surface area contributed by atoms with E-state index < -0.39 is 18.1 Å². The summed E-state index contributed by atoms with van der Waals surface area (Å²) in [5, 5.41) is 26.5. The van der Waals surface area contributed by atoms with Crippen molar-refractivity contribution in [2.24, 2.45) is 11.8 Å². The molecule has 0 radical (unpaired) electrons. The first-order chi connectivity index (χ1) is 16.4. The molecule has 0 aromatic rings. The Morgan fingerprint density at radius 2 is 1.54 bits per heavy atom. The van der Waals surface area contributed by atoms with Crippen LogP contribution in [0.3, 0.4) is 0 Å². The fourth-order valence-corrected chi connectivity index (χ4v) is 3.41. The Hall–Kier alpha value is -1.91. The molecule has 0 aliphatic carbocycles. The second-order valence-corrected chi connectivity index (χ2v) is 10.3. The Balaban J connectivity index is 4.01. The van der Waals surface area contributed by atoms with Gasteiger partial charge in [-0.2, -0.15) is 0 Å². The molecule has 0 saturated heterocycles. The third-order valence-corrected chi connectivity index (χ3v) is 5.63. The summed E-state index contributed by atoms with van der Waals surface area (Å²) in [4.78, 5) is 34.3. The summed E-state index contributed by atoms with van der Waals surface area (Å²) in [5.41, 5.74) is -0.380. The number of nitrogens with one attached hydrogen (secondary N) is 3. The molecular formula is C25H49N3O7. The Labute approximate surface area is 210 Å². The number of ether oxygens (including phenoxy) is 2. The van der Waals surface area contributed by atoms with E-state index in [0.717, 1.165) is 32.3 Å². The molecule has 0 bridgehead atoms. The molecule has 0 fully saturated rings. The van der Waals surface area contributed by atoms with Gasteiger partial charge in [0.05, 0.1) is 19.8 Å². The molecule has 0 aromatic heterocycles. The van der Waals surface area contributed by atoms with Crippen molar-refractivity contribution in [1.82, 2.24) is 16.0 Å². The van der Waals surface area contributed by atoms with Gasteiger partial charge < -0.3 is 35.6 Å². The molecule has 0 heterocycles. The van der Waals surface area contributed by atoms with Gasteiger partial charge in [-0.15, -0.1) is 0 Å². The minimum atomic E-state index is -1.06. The molecule has 0 aliphatic rings. The number of hydrogen-bond donors (Lipinski definition) is 5. The predicted octanol–water partition coefficient (Wildman–Crippen LogP) is 3.25. The largest absolute Gasteiger partial charge is 0.480 e. The lowest BCUT2D eigenvalue weighted by Gasteiger charge is -2.26. The first kappa shape index (κ1) is 33.1. The zero-order valence-corrected chi connectivity index (χ0v) is 22.4.